The standard InChI is InChI=1S/C12H20N2O/c1-3-12(2,9-15)14-8-10-6-4-5-7-11(10)13/h4-7,14-15H,3,8-9,13H2,1-2H3. The second kappa shape index (κ2) is 5.14. The van der Waals surface area contributed by atoms with Crippen LogP contribution in [0.1, 0.15) is 25.8 Å². The Kier molecular flexibility index (Phi) is 4.12. The number of nitrogens with one attached hydrogen (secondary N) is 1. The van der Waals surface area contributed by atoms with E-state index in [9.17, 15) is 5.11 Å². The van der Waals surface area contributed by atoms with Gasteiger partial charge in [-0.2, -0.15) is 0 Å². The van der Waals surface area contributed by atoms with Gasteiger partial charge in [0.15, 0.2) is 0 Å². The molecule has 4 N–H and O–H groups in total. The van der Waals surface area contributed by atoms with Gasteiger partial charge in [0.1, 0.15) is 0 Å². The predicted molar refractivity (Wildman–Crippen MR) is 63.5 cm³/mol. The zero-order valence-electron chi connectivity index (χ0n) is 9.46. The largest absolute Gasteiger partial charge is 0.398 e. The number of nitrogen functional groups attached to an aromatic ring is 1. The molecule has 1 aromatic rings. The third-order valence-corrected chi connectivity index (χ3v) is 2.89. The third-order valence-electron chi connectivity index (χ3n) is 2.89. The molecule has 0 fully saturated rings. The first kappa shape index (κ1) is 12.0. The van der Waals surface area contributed by atoms with Crippen LogP contribution in [0.15, 0.2) is 24.3 Å². The maximum atomic E-state index is 9.24. The van der Waals surface area contributed by atoms with Crippen LogP contribution in [0.5, 0.6) is 0 Å². The van der Waals surface area contributed by atoms with Crippen molar-refractivity contribution in [1.82, 2.24) is 5.32 Å². The Labute approximate surface area is 91.3 Å². The molecule has 3 nitrogen and oxygen atoms in total. The molecule has 84 valence electrons. The van der Waals surface area contributed by atoms with Gasteiger partial charge in [-0.15, -0.1) is 0 Å². The van der Waals surface area contributed by atoms with Gasteiger partial charge in [-0.25, -0.2) is 0 Å². The summed E-state index contributed by atoms with van der Waals surface area (Å²) in [7, 11) is 0. The van der Waals surface area contributed by atoms with Gasteiger partial charge in [0.05, 0.1) is 6.61 Å². The molecule has 1 aromatic carbocycles. The highest BCUT2D eigenvalue weighted by Crippen LogP contribution is 2.13. The Bertz CT molecular complexity index is 308. The molecular weight excluding hydrogens is 188 g/mol. The first-order chi connectivity index (χ1) is 7.11. The summed E-state index contributed by atoms with van der Waals surface area (Å²) in [5.41, 5.74) is 7.48. The summed E-state index contributed by atoms with van der Waals surface area (Å²) in [6.45, 7) is 4.89. The van der Waals surface area contributed by atoms with E-state index in [2.05, 4.69) is 12.2 Å². The van der Waals surface area contributed by atoms with Crippen molar-refractivity contribution in [2.45, 2.75) is 32.4 Å². The third kappa shape index (κ3) is 3.22. The highest BCUT2D eigenvalue weighted by atomic mass is 16.3. The molecule has 0 spiro atoms. The Balaban J connectivity index is 2.61. The van der Waals surface area contributed by atoms with Crippen molar-refractivity contribution >= 4 is 5.69 Å². The lowest BCUT2D eigenvalue weighted by Gasteiger charge is -2.27. The number of hydrogen-bond donors (Lipinski definition) is 3. The van der Waals surface area contributed by atoms with Crippen LogP contribution in [-0.2, 0) is 6.54 Å². The molecule has 1 unspecified atom stereocenters. The van der Waals surface area contributed by atoms with E-state index in [0.717, 1.165) is 17.7 Å². The minimum absolute atomic E-state index is 0.135. The van der Waals surface area contributed by atoms with Crippen LogP contribution >= 0.6 is 0 Å². The van der Waals surface area contributed by atoms with Gasteiger partial charge < -0.3 is 16.2 Å². The summed E-state index contributed by atoms with van der Waals surface area (Å²) in [5.74, 6) is 0. The van der Waals surface area contributed by atoms with Crippen molar-refractivity contribution in [3.8, 4) is 0 Å². The molecule has 0 aliphatic heterocycles. The van der Waals surface area contributed by atoms with Crippen LogP contribution in [0.3, 0.4) is 0 Å². The van der Waals surface area contributed by atoms with Crippen molar-refractivity contribution in [3.05, 3.63) is 29.8 Å². The van der Waals surface area contributed by atoms with E-state index in [1.54, 1.807) is 0 Å². The normalized spacial score (nSPS) is 14.9. The van der Waals surface area contributed by atoms with Gasteiger partial charge in [-0.1, -0.05) is 25.1 Å². The second-order valence-electron chi connectivity index (χ2n) is 4.12. The number of hydrogen-bond acceptors (Lipinski definition) is 3. The molecule has 0 aliphatic rings. The molecule has 0 saturated heterocycles. The molecule has 0 saturated carbocycles. The number of rotatable bonds is 5. The van der Waals surface area contributed by atoms with E-state index in [1.807, 2.05) is 31.2 Å². The van der Waals surface area contributed by atoms with E-state index < -0.39 is 0 Å². The number of aliphatic hydroxyl groups excluding tert-OH is 1. The first-order valence-electron chi connectivity index (χ1n) is 5.30. The van der Waals surface area contributed by atoms with Gasteiger partial charge in [0.25, 0.3) is 0 Å². The highest BCUT2D eigenvalue weighted by Gasteiger charge is 2.19. The average molecular weight is 208 g/mol. The topological polar surface area (TPSA) is 58.3 Å². The Morgan fingerprint density at radius 3 is 2.60 bits per heavy atom. The van der Waals surface area contributed by atoms with Gasteiger partial charge in [0.2, 0.25) is 0 Å². The van der Waals surface area contributed by atoms with E-state index in [-0.39, 0.29) is 12.1 Å². The zero-order chi connectivity index (χ0) is 11.3. The summed E-state index contributed by atoms with van der Waals surface area (Å²) in [6.07, 6.45) is 0.885. The lowest BCUT2D eigenvalue weighted by molar-refractivity contribution is 0.169. The van der Waals surface area contributed by atoms with Crippen LogP contribution in [0.4, 0.5) is 5.69 Å². The van der Waals surface area contributed by atoms with Gasteiger partial charge in [-0.05, 0) is 25.0 Å². The maximum absolute atomic E-state index is 9.24. The number of anilines is 1. The smallest absolute Gasteiger partial charge is 0.0610 e. The van der Waals surface area contributed by atoms with Crippen molar-refractivity contribution < 1.29 is 5.11 Å². The fraction of sp³-hybridized carbons (Fsp3) is 0.500. The minimum atomic E-state index is -0.220. The number of nitrogens with two attached hydrogens (primary N) is 1. The second-order valence-corrected chi connectivity index (χ2v) is 4.12. The SMILES string of the molecule is CCC(C)(CO)NCc1ccccc1N. The molecule has 0 bridgehead atoms. The van der Waals surface area contributed by atoms with E-state index in [0.29, 0.717) is 6.54 Å². The summed E-state index contributed by atoms with van der Waals surface area (Å²) in [4.78, 5) is 0. The van der Waals surface area contributed by atoms with Crippen LogP contribution in [0.2, 0.25) is 0 Å². The monoisotopic (exact) mass is 208 g/mol. The lowest BCUT2D eigenvalue weighted by Crippen LogP contribution is -2.44. The van der Waals surface area contributed by atoms with Crippen LogP contribution in [0, 0.1) is 0 Å². The summed E-state index contributed by atoms with van der Waals surface area (Å²) < 4.78 is 0. The molecule has 0 aliphatic carbocycles. The van der Waals surface area contributed by atoms with E-state index in [1.165, 1.54) is 0 Å². The van der Waals surface area contributed by atoms with Crippen molar-refractivity contribution in [3.63, 3.8) is 0 Å². The molecule has 3 heteroatoms. The number of para-hydroxylation sites is 1. The predicted octanol–water partition coefficient (Wildman–Crippen LogP) is 1.52. The molecule has 0 amide bonds. The molecular formula is C12H20N2O. The van der Waals surface area contributed by atoms with Crippen molar-refractivity contribution in [1.29, 1.82) is 0 Å². The van der Waals surface area contributed by atoms with E-state index >= 15 is 0 Å². The molecule has 0 aromatic heterocycles. The molecule has 0 heterocycles. The van der Waals surface area contributed by atoms with Crippen molar-refractivity contribution in [2.75, 3.05) is 12.3 Å². The summed E-state index contributed by atoms with van der Waals surface area (Å²) >= 11 is 0. The van der Waals surface area contributed by atoms with Crippen LogP contribution in [0.25, 0.3) is 0 Å². The lowest BCUT2D eigenvalue weighted by atomic mass is 9.99. The maximum Gasteiger partial charge on any atom is 0.0610 e. The molecule has 0 radical (unpaired) electrons. The Hall–Kier alpha value is -1.06. The number of benzene rings is 1. The fourth-order valence-corrected chi connectivity index (χ4v) is 1.30. The molecule has 1 rings (SSSR count). The van der Waals surface area contributed by atoms with E-state index in [4.69, 9.17) is 5.73 Å². The molecule has 15 heavy (non-hydrogen) atoms. The van der Waals surface area contributed by atoms with Gasteiger partial charge >= 0.3 is 0 Å². The fourth-order valence-electron chi connectivity index (χ4n) is 1.30. The van der Waals surface area contributed by atoms with Crippen LogP contribution < -0.4 is 11.1 Å². The van der Waals surface area contributed by atoms with Crippen molar-refractivity contribution in [2.24, 2.45) is 0 Å². The minimum Gasteiger partial charge on any atom is -0.398 e. The van der Waals surface area contributed by atoms with Gasteiger partial charge in [-0.3, -0.25) is 0 Å². The Morgan fingerprint density at radius 1 is 1.40 bits per heavy atom. The first-order valence-corrected chi connectivity index (χ1v) is 5.30. The van der Waals surface area contributed by atoms with Gasteiger partial charge in [0, 0.05) is 17.8 Å². The zero-order valence-corrected chi connectivity index (χ0v) is 9.46. The number of aliphatic hydroxyl groups is 1. The molecule has 1 atom stereocenters. The van der Waals surface area contributed by atoms with Crippen LogP contribution in [-0.4, -0.2) is 17.3 Å². The average Bonchev–Trinajstić information content (AvgIpc) is 2.28. The Morgan fingerprint density at radius 2 is 2.07 bits per heavy atom. The summed E-state index contributed by atoms with van der Waals surface area (Å²) in [6, 6.07) is 7.77. The highest BCUT2D eigenvalue weighted by molar-refractivity contribution is 5.46. The quantitative estimate of drug-likeness (QED) is 0.643. The summed E-state index contributed by atoms with van der Waals surface area (Å²) in [5, 5.41) is 12.6.